The Kier molecular flexibility index (Phi) is 5.11. The number of carbonyl (C=O) groups is 2. The van der Waals surface area contributed by atoms with Gasteiger partial charge in [0.15, 0.2) is 0 Å². The van der Waals surface area contributed by atoms with Crippen LogP contribution >= 0.6 is 0 Å². The molecule has 0 bridgehead atoms. The number of nitrogens with one attached hydrogen (secondary N) is 2. The highest BCUT2D eigenvalue weighted by Gasteiger charge is 2.23. The second-order valence-electron chi connectivity index (χ2n) is 6.31. The van der Waals surface area contributed by atoms with Crippen molar-refractivity contribution in [3.05, 3.63) is 42.5 Å². The Morgan fingerprint density at radius 2 is 1.96 bits per heavy atom. The number of hydrogen-bond donors (Lipinski definition) is 2. The van der Waals surface area contributed by atoms with E-state index < -0.39 is 0 Å². The molecule has 1 atom stereocenters. The van der Waals surface area contributed by atoms with Gasteiger partial charge >= 0.3 is 0 Å². The maximum atomic E-state index is 12.3. The predicted octanol–water partition coefficient (Wildman–Crippen LogP) is 2.38. The van der Waals surface area contributed by atoms with Gasteiger partial charge in [0.1, 0.15) is 0 Å². The summed E-state index contributed by atoms with van der Waals surface area (Å²) in [5.41, 5.74) is 0.857. The van der Waals surface area contributed by atoms with Crippen LogP contribution in [0.4, 0.5) is 5.69 Å². The summed E-state index contributed by atoms with van der Waals surface area (Å²) in [6.07, 6.45) is 1.40. The first-order chi connectivity index (χ1) is 11.6. The van der Waals surface area contributed by atoms with E-state index in [0.29, 0.717) is 13.0 Å². The van der Waals surface area contributed by atoms with E-state index in [-0.39, 0.29) is 17.9 Å². The van der Waals surface area contributed by atoms with E-state index in [4.69, 9.17) is 0 Å². The molecule has 126 valence electrons. The predicted molar refractivity (Wildman–Crippen MR) is 95.9 cm³/mol. The van der Waals surface area contributed by atoms with Gasteiger partial charge in [-0.15, -0.1) is 0 Å². The average Bonchev–Trinajstić information content (AvgIpc) is 3.00. The fraction of sp³-hybridized carbons (Fsp3) is 0.368. The molecule has 5 nitrogen and oxygen atoms in total. The monoisotopic (exact) mass is 325 g/mol. The molecule has 1 heterocycles. The van der Waals surface area contributed by atoms with E-state index >= 15 is 0 Å². The molecule has 2 amide bonds. The van der Waals surface area contributed by atoms with E-state index in [1.165, 1.54) is 0 Å². The smallest absolute Gasteiger partial charge is 0.225 e. The summed E-state index contributed by atoms with van der Waals surface area (Å²) in [5, 5.41) is 8.13. The number of carbonyl (C=O) groups excluding carboxylic acids is 2. The molecule has 0 spiro atoms. The molecule has 1 aliphatic heterocycles. The van der Waals surface area contributed by atoms with Crippen LogP contribution in [0.2, 0.25) is 0 Å². The maximum Gasteiger partial charge on any atom is 0.225 e. The second-order valence-corrected chi connectivity index (χ2v) is 6.31. The zero-order valence-electron chi connectivity index (χ0n) is 13.9. The minimum absolute atomic E-state index is 0.00977. The summed E-state index contributed by atoms with van der Waals surface area (Å²) in [5.74, 6) is 0.0323. The fourth-order valence-electron chi connectivity index (χ4n) is 3.25. The van der Waals surface area contributed by atoms with Gasteiger partial charge in [-0.05, 0) is 17.9 Å². The van der Waals surface area contributed by atoms with Gasteiger partial charge in [0.2, 0.25) is 11.8 Å². The van der Waals surface area contributed by atoms with Gasteiger partial charge in [-0.25, -0.2) is 0 Å². The molecule has 1 saturated heterocycles. The SMILES string of the molecule is CC(=O)N[C@H]1CCN(CCC(=O)Nc2cccc3ccccc23)C1. The fourth-order valence-corrected chi connectivity index (χ4v) is 3.25. The lowest BCUT2D eigenvalue weighted by molar-refractivity contribution is -0.119. The molecular formula is C19H23N3O2. The third-order valence-corrected chi connectivity index (χ3v) is 4.40. The van der Waals surface area contributed by atoms with Gasteiger partial charge in [0.05, 0.1) is 0 Å². The number of anilines is 1. The molecule has 1 aliphatic rings. The van der Waals surface area contributed by atoms with Crippen LogP contribution in [0.3, 0.4) is 0 Å². The third kappa shape index (κ3) is 4.11. The Morgan fingerprint density at radius 3 is 2.79 bits per heavy atom. The van der Waals surface area contributed by atoms with Gasteiger partial charge in [0, 0.05) is 50.1 Å². The molecule has 0 aromatic heterocycles. The van der Waals surface area contributed by atoms with Crippen LogP contribution in [0.1, 0.15) is 19.8 Å². The third-order valence-electron chi connectivity index (χ3n) is 4.40. The first-order valence-electron chi connectivity index (χ1n) is 8.39. The Labute approximate surface area is 142 Å². The van der Waals surface area contributed by atoms with Gasteiger partial charge in [-0.2, -0.15) is 0 Å². The van der Waals surface area contributed by atoms with Crippen molar-refractivity contribution in [1.82, 2.24) is 10.2 Å². The van der Waals surface area contributed by atoms with Crippen molar-refractivity contribution in [1.29, 1.82) is 0 Å². The van der Waals surface area contributed by atoms with Crippen molar-refractivity contribution in [3.63, 3.8) is 0 Å². The number of fused-ring (bicyclic) bond motifs is 1. The summed E-state index contributed by atoms with van der Waals surface area (Å²) >= 11 is 0. The zero-order chi connectivity index (χ0) is 16.9. The molecule has 24 heavy (non-hydrogen) atoms. The first kappa shape index (κ1) is 16.5. The van der Waals surface area contributed by atoms with Gasteiger partial charge < -0.3 is 15.5 Å². The van der Waals surface area contributed by atoms with Crippen molar-refractivity contribution in [2.45, 2.75) is 25.8 Å². The number of amides is 2. The summed E-state index contributed by atoms with van der Waals surface area (Å²) in [6, 6.07) is 14.2. The first-order valence-corrected chi connectivity index (χ1v) is 8.39. The summed E-state index contributed by atoms with van der Waals surface area (Å²) in [7, 11) is 0. The highest BCUT2D eigenvalue weighted by molar-refractivity contribution is 6.02. The largest absolute Gasteiger partial charge is 0.352 e. The van der Waals surface area contributed by atoms with Gasteiger partial charge in [-0.1, -0.05) is 36.4 Å². The lowest BCUT2D eigenvalue weighted by Gasteiger charge is -2.16. The van der Waals surface area contributed by atoms with E-state index in [1.807, 2.05) is 42.5 Å². The number of hydrogen-bond acceptors (Lipinski definition) is 3. The van der Waals surface area contributed by atoms with E-state index in [2.05, 4.69) is 15.5 Å². The number of rotatable bonds is 5. The molecule has 2 N–H and O–H groups in total. The molecule has 2 aromatic carbocycles. The van der Waals surface area contributed by atoms with Crippen LogP contribution in [0, 0.1) is 0 Å². The van der Waals surface area contributed by atoms with E-state index in [0.717, 1.165) is 36.0 Å². The van der Waals surface area contributed by atoms with Crippen LogP contribution in [0.5, 0.6) is 0 Å². The van der Waals surface area contributed by atoms with Gasteiger partial charge in [-0.3, -0.25) is 9.59 Å². The standard InChI is InChI=1S/C19H23N3O2/c1-14(23)20-16-9-11-22(13-16)12-10-19(24)21-18-8-4-6-15-5-2-3-7-17(15)18/h2-8,16H,9-13H2,1H3,(H,20,23)(H,21,24)/t16-/m0/s1. The molecule has 0 unspecified atom stereocenters. The Hall–Kier alpha value is -2.40. The van der Waals surface area contributed by atoms with Crippen LogP contribution in [0.25, 0.3) is 10.8 Å². The topological polar surface area (TPSA) is 61.4 Å². The zero-order valence-corrected chi connectivity index (χ0v) is 13.9. The summed E-state index contributed by atoms with van der Waals surface area (Å²) < 4.78 is 0. The lowest BCUT2D eigenvalue weighted by Crippen LogP contribution is -2.36. The minimum atomic E-state index is 0.00977. The highest BCUT2D eigenvalue weighted by atomic mass is 16.2. The van der Waals surface area contributed by atoms with Crippen molar-refractivity contribution in [2.75, 3.05) is 25.0 Å². The molecule has 0 saturated carbocycles. The molecule has 5 heteroatoms. The van der Waals surface area contributed by atoms with Gasteiger partial charge in [0.25, 0.3) is 0 Å². The number of nitrogens with zero attached hydrogens (tertiary/aromatic N) is 1. The van der Waals surface area contributed by atoms with Crippen LogP contribution < -0.4 is 10.6 Å². The summed E-state index contributed by atoms with van der Waals surface area (Å²) in [4.78, 5) is 25.6. The minimum Gasteiger partial charge on any atom is -0.352 e. The number of likely N-dealkylation sites (tertiary alicyclic amines) is 1. The molecule has 0 aliphatic carbocycles. The lowest BCUT2D eigenvalue weighted by atomic mass is 10.1. The molecule has 0 radical (unpaired) electrons. The van der Waals surface area contributed by atoms with Crippen molar-refractivity contribution < 1.29 is 9.59 Å². The Bertz CT molecular complexity index is 739. The Balaban J connectivity index is 1.52. The summed E-state index contributed by atoms with van der Waals surface area (Å²) in [6.45, 7) is 4.00. The van der Waals surface area contributed by atoms with E-state index in [1.54, 1.807) is 6.92 Å². The second kappa shape index (κ2) is 7.45. The van der Waals surface area contributed by atoms with Crippen LogP contribution in [0.15, 0.2) is 42.5 Å². The van der Waals surface area contributed by atoms with E-state index in [9.17, 15) is 9.59 Å². The molecular weight excluding hydrogens is 302 g/mol. The van der Waals surface area contributed by atoms with Crippen LogP contribution in [-0.4, -0.2) is 42.4 Å². The number of benzene rings is 2. The molecule has 3 rings (SSSR count). The van der Waals surface area contributed by atoms with Crippen molar-refractivity contribution >= 4 is 28.3 Å². The molecule has 1 fully saturated rings. The van der Waals surface area contributed by atoms with Crippen molar-refractivity contribution in [3.8, 4) is 0 Å². The maximum absolute atomic E-state index is 12.3. The normalized spacial score (nSPS) is 17.8. The molecule has 2 aromatic rings. The van der Waals surface area contributed by atoms with Crippen LogP contribution in [-0.2, 0) is 9.59 Å². The van der Waals surface area contributed by atoms with Crippen molar-refractivity contribution in [2.24, 2.45) is 0 Å². The Morgan fingerprint density at radius 1 is 1.17 bits per heavy atom. The highest BCUT2D eigenvalue weighted by Crippen LogP contribution is 2.23. The quantitative estimate of drug-likeness (QED) is 0.887. The average molecular weight is 325 g/mol.